The molecule has 2 N–H and O–H groups in total. The molecule has 5 heteroatoms. The summed E-state index contributed by atoms with van der Waals surface area (Å²) in [4.78, 5) is 14.0. The highest BCUT2D eigenvalue weighted by Gasteiger charge is 2.17. The molecule has 2 rings (SSSR count). The predicted octanol–water partition coefficient (Wildman–Crippen LogP) is 0.913. The normalized spacial score (nSPS) is 23.7. The van der Waals surface area contributed by atoms with E-state index in [1.54, 1.807) is 0 Å². The Labute approximate surface area is 128 Å². The highest BCUT2D eigenvalue weighted by molar-refractivity contribution is 5.77. The van der Waals surface area contributed by atoms with Crippen LogP contribution in [0.4, 0.5) is 0 Å². The van der Waals surface area contributed by atoms with Gasteiger partial charge in [-0.3, -0.25) is 4.79 Å². The average Bonchev–Trinajstić information content (AvgIpc) is 2.48. The summed E-state index contributed by atoms with van der Waals surface area (Å²) in [5.74, 6) is 0.0792. The van der Waals surface area contributed by atoms with E-state index in [1.165, 1.54) is 31.3 Å². The van der Waals surface area contributed by atoms with Gasteiger partial charge in [-0.15, -0.1) is 0 Å². The second kappa shape index (κ2) is 9.18. The summed E-state index contributed by atoms with van der Waals surface area (Å²) in [6.45, 7) is 4.58. The molecular formula is C16H29N3O2. The maximum atomic E-state index is 11.7. The first-order valence-electron chi connectivity index (χ1n) is 8.19. The van der Waals surface area contributed by atoms with Crippen LogP contribution in [0, 0.1) is 0 Å². The second-order valence-corrected chi connectivity index (χ2v) is 6.09. The molecule has 1 amide bonds. The number of morpholine rings is 1. The third-order valence-corrected chi connectivity index (χ3v) is 4.15. The van der Waals surface area contributed by atoms with Gasteiger partial charge in [0.1, 0.15) is 0 Å². The van der Waals surface area contributed by atoms with E-state index in [9.17, 15) is 4.79 Å². The standard InChI is InChI=1S/C16H29N3O2/c1-19-9-10-21-15(13-19)11-17-12-16(20)18-8-7-14-5-3-2-4-6-14/h5,15,17H,2-4,6-13H2,1H3,(H,18,20). The van der Waals surface area contributed by atoms with E-state index in [2.05, 4.69) is 28.7 Å². The minimum absolute atomic E-state index is 0.0792. The van der Waals surface area contributed by atoms with Gasteiger partial charge in [-0.1, -0.05) is 11.6 Å². The molecule has 21 heavy (non-hydrogen) atoms. The van der Waals surface area contributed by atoms with Crippen molar-refractivity contribution >= 4 is 5.91 Å². The maximum absolute atomic E-state index is 11.7. The summed E-state index contributed by atoms with van der Waals surface area (Å²) in [5, 5.41) is 6.17. The first-order valence-corrected chi connectivity index (χ1v) is 8.19. The van der Waals surface area contributed by atoms with Crippen LogP contribution in [0.5, 0.6) is 0 Å². The highest BCUT2D eigenvalue weighted by Crippen LogP contribution is 2.19. The Hall–Kier alpha value is -0.910. The van der Waals surface area contributed by atoms with Crippen molar-refractivity contribution in [1.29, 1.82) is 0 Å². The van der Waals surface area contributed by atoms with E-state index >= 15 is 0 Å². The van der Waals surface area contributed by atoms with Gasteiger partial charge in [0.25, 0.3) is 0 Å². The Bertz CT molecular complexity index is 357. The molecule has 0 radical (unpaired) electrons. The molecule has 0 saturated carbocycles. The first-order chi connectivity index (χ1) is 10.2. The minimum atomic E-state index is 0.0792. The third-order valence-electron chi connectivity index (χ3n) is 4.15. The van der Waals surface area contributed by atoms with E-state index in [1.807, 2.05) is 0 Å². The zero-order chi connectivity index (χ0) is 14.9. The third kappa shape index (κ3) is 6.59. The second-order valence-electron chi connectivity index (χ2n) is 6.09. The fourth-order valence-electron chi connectivity index (χ4n) is 2.89. The fourth-order valence-corrected chi connectivity index (χ4v) is 2.89. The van der Waals surface area contributed by atoms with E-state index in [4.69, 9.17) is 4.74 Å². The molecule has 0 aromatic carbocycles. The molecule has 1 unspecified atom stereocenters. The highest BCUT2D eigenvalue weighted by atomic mass is 16.5. The van der Waals surface area contributed by atoms with Crippen LogP contribution in [0.3, 0.4) is 0 Å². The maximum Gasteiger partial charge on any atom is 0.233 e. The fraction of sp³-hybridized carbons (Fsp3) is 0.812. The number of hydrogen-bond acceptors (Lipinski definition) is 4. The van der Waals surface area contributed by atoms with Gasteiger partial charge >= 0.3 is 0 Å². The quantitative estimate of drug-likeness (QED) is 0.686. The van der Waals surface area contributed by atoms with Gasteiger partial charge in [-0.25, -0.2) is 0 Å². The molecule has 1 saturated heterocycles. The lowest BCUT2D eigenvalue weighted by atomic mass is 9.97. The average molecular weight is 295 g/mol. The topological polar surface area (TPSA) is 53.6 Å². The number of ether oxygens (including phenoxy) is 1. The number of amides is 1. The molecular weight excluding hydrogens is 266 g/mol. The Morgan fingerprint density at radius 1 is 1.48 bits per heavy atom. The molecule has 2 aliphatic rings. The molecule has 1 atom stereocenters. The Morgan fingerprint density at radius 3 is 3.14 bits per heavy atom. The van der Waals surface area contributed by atoms with Crippen molar-refractivity contribution in [2.24, 2.45) is 0 Å². The summed E-state index contributed by atoms with van der Waals surface area (Å²) < 4.78 is 5.65. The number of nitrogens with one attached hydrogen (secondary N) is 2. The summed E-state index contributed by atoms with van der Waals surface area (Å²) in [6, 6.07) is 0. The molecule has 120 valence electrons. The van der Waals surface area contributed by atoms with Crippen molar-refractivity contribution in [3.8, 4) is 0 Å². The van der Waals surface area contributed by atoms with Crippen LogP contribution in [0.25, 0.3) is 0 Å². The molecule has 0 aromatic heterocycles. The number of hydrogen-bond donors (Lipinski definition) is 2. The van der Waals surface area contributed by atoms with Gasteiger partial charge in [0.05, 0.1) is 19.3 Å². The number of rotatable bonds is 7. The van der Waals surface area contributed by atoms with Crippen LogP contribution in [-0.4, -0.2) is 63.3 Å². The Morgan fingerprint density at radius 2 is 2.38 bits per heavy atom. The van der Waals surface area contributed by atoms with Crippen LogP contribution in [0.1, 0.15) is 32.1 Å². The first kappa shape index (κ1) is 16.5. The number of allylic oxidation sites excluding steroid dienone is 1. The zero-order valence-corrected chi connectivity index (χ0v) is 13.2. The monoisotopic (exact) mass is 295 g/mol. The van der Waals surface area contributed by atoms with Crippen LogP contribution in [0.15, 0.2) is 11.6 Å². The van der Waals surface area contributed by atoms with Crippen molar-refractivity contribution in [3.05, 3.63) is 11.6 Å². The molecule has 0 aromatic rings. The number of likely N-dealkylation sites (N-methyl/N-ethyl adjacent to an activating group) is 1. The smallest absolute Gasteiger partial charge is 0.233 e. The lowest BCUT2D eigenvalue weighted by Crippen LogP contribution is -2.46. The zero-order valence-electron chi connectivity index (χ0n) is 13.2. The van der Waals surface area contributed by atoms with Gasteiger partial charge < -0.3 is 20.3 Å². The minimum Gasteiger partial charge on any atom is -0.374 e. The van der Waals surface area contributed by atoms with Crippen LogP contribution in [0.2, 0.25) is 0 Å². The molecule has 5 nitrogen and oxygen atoms in total. The molecule has 0 bridgehead atoms. The summed E-state index contributed by atoms with van der Waals surface area (Å²) in [5.41, 5.74) is 1.51. The lowest BCUT2D eigenvalue weighted by molar-refractivity contribution is -0.120. The van der Waals surface area contributed by atoms with Gasteiger partial charge in [-0.05, 0) is 39.2 Å². The molecule has 0 spiro atoms. The Balaban J connectivity index is 1.50. The molecule has 1 aliphatic heterocycles. The van der Waals surface area contributed by atoms with Gasteiger partial charge in [0, 0.05) is 26.2 Å². The molecule has 1 heterocycles. The van der Waals surface area contributed by atoms with E-state index in [0.717, 1.165) is 39.2 Å². The van der Waals surface area contributed by atoms with Crippen molar-refractivity contribution < 1.29 is 9.53 Å². The van der Waals surface area contributed by atoms with Gasteiger partial charge in [0.15, 0.2) is 0 Å². The van der Waals surface area contributed by atoms with E-state index < -0.39 is 0 Å². The van der Waals surface area contributed by atoms with E-state index in [0.29, 0.717) is 6.54 Å². The van der Waals surface area contributed by atoms with Crippen LogP contribution < -0.4 is 10.6 Å². The van der Waals surface area contributed by atoms with Gasteiger partial charge in [-0.2, -0.15) is 0 Å². The number of nitrogens with zero attached hydrogens (tertiary/aromatic N) is 1. The van der Waals surface area contributed by atoms with Gasteiger partial charge in [0.2, 0.25) is 5.91 Å². The van der Waals surface area contributed by atoms with Crippen molar-refractivity contribution in [1.82, 2.24) is 15.5 Å². The number of carbonyl (C=O) groups is 1. The summed E-state index contributed by atoms with van der Waals surface area (Å²) in [6.07, 6.45) is 8.58. The molecule has 1 aliphatic carbocycles. The van der Waals surface area contributed by atoms with E-state index in [-0.39, 0.29) is 12.0 Å². The van der Waals surface area contributed by atoms with Crippen LogP contribution >= 0.6 is 0 Å². The Kier molecular flexibility index (Phi) is 7.19. The SMILES string of the molecule is CN1CCOC(CNCC(=O)NCCC2=CCCCC2)C1. The van der Waals surface area contributed by atoms with Crippen molar-refractivity contribution in [2.75, 3.05) is 46.4 Å². The van der Waals surface area contributed by atoms with Crippen molar-refractivity contribution in [2.45, 2.75) is 38.2 Å². The van der Waals surface area contributed by atoms with Crippen molar-refractivity contribution in [3.63, 3.8) is 0 Å². The number of carbonyl (C=O) groups excluding carboxylic acids is 1. The predicted molar refractivity (Wildman–Crippen MR) is 84.3 cm³/mol. The molecule has 1 fully saturated rings. The lowest BCUT2D eigenvalue weighted by Gasteiger charge is -2.30. The largest absolute Gasteiger partial charge is 0.374 e. The summed E-state index contributed by atoms with van der Waals surface area (Å²) in [7, 11) is 2.10. The van der Waals surface area contributed by atoms with Crippen LogP contribution in [-0.2, 0) is 9.53 Å². The summed E-state index contributed by atoms with van der Waals surface area (Å²) >= 11 is 0.